The maximum atomic E-state index is 2.28. The maximum Gasteiger partial charge on any atom is -0.0123 e. The second-order valence-electron chi connectivity index (χ2n) is 4.13. The first-order chi connectivity index (χ1) is 7.61. The normalized spacial score (nSPS) is 9.88. The molecule has 16 heavy (non-hydrogen) atoms. The average Bonchev–Trinajstić information content (AvgIpc) is 2.28. The first-order valence-electron chi connectivity index (χ1n) is 6.07. The lowest BCUT2D eigenvalue weighted by molar-refractivity contribution is 1.33. The van der Waals surface area contributed by atoms with Crippen LogP contribution < -0.4 is 0 Å². The van der Waals surface area contributed by atoms with Crippen LogP contribution in [-0.4, -0.2) is 0 Å². The van der Waals surface area contributed by atoms with Crippen molar-refractivity contribution in [2.24, 2.45) is 0 Å². The molecule has 0 heterocycles. The molecule has 0 unspecified atom stereocenters. The fourth-order valence-electron chi connectivity index (χ4n) is 2.22. The topological polar surface area (TPSA) is 0 Å². The van der Waals surface area contributed by atoms with E-state index in [2.05, 4.69) is 52.0 Å². The summed E-state index contributed by atoms with van der Waals surface area (Å²) in [6.07, 6.45) is 0. The van der Waals surface area contributed by atoms with Crippen molar-refractivity contribution < 1.29 is 0 Å². The van der Waals surface area contributed by atoms with Gasteiger partial charge in [-0.1, -0.05) is 38.1 Å². The van der Waals surface area contributed by atoms with Gasteiger partial charge in [0, 0.05) is 0 Å². The van der Waals surface area contributed by atoms with Gasteiger partial charge < -0.3 is 0 Å². The first kappa shape index (κ1) is 12.8. The van der Waals surface area contributed by atoms with Gasteiger partial charge in [-0.2, -0.15) is 0 Å². The van der Waals surface area contributed by atoms with E-state index in [1.165, 1.54) is 33.0 Å². The summed E-state index contributed by atoms with van der Waals surface area (Å²) in [6, 6.07) is 8.83. The Morgan fingerprint density at radius 3 is 2.00 bits per heavy atom. The van der Waals surface area contributed by atoms with Crippen molar-refractivity contribution >= 4 is 10.8 Å². The standard InChI is InChI=1S/C14H16.C2H6/c1-9-6-5-7-13-12(4)10(2)8-11(3)14(9)13;1-2/h5-8H,1-4H3;1-2H3. The summed E-state index contributed by atoms with van der Waals surface area (Å²) in [4.78, 5) is 0. The molecule has 0 heteroatoms. The first-order valence-corrected chi connectivity index (χ1v) is 6.07. The van der Waals surface area contributed by atoms with Crippen LogP contribution in [0.25, 0.3) is 10.8 Å². The highest BCUT2D eigenvalue weighted by atomic mass is 14.1. The minimum Gasteiger partial charge on any atom is -0.0683 e. The molecule has 86 valence electrons. The molecule has 0 spiro atoms. The highest BCUT2D eigenvalue weighted by Crippen LogP contribution is 2.27. The summed E-state index contributed by atoms with van der Waals surface area (Å²) >= 11 is 0. The van der Waals surface area contributed by atoms with Gasteiger partial charge in [0.1, 0.15) is 0 Å². The van der Waals surface area contributed by atoms with Crippen LogP contribution in [0.4, 0.5) is 0 Å². The van der Waals surface area contributed by atoms with Crippen LogP contribution in [0.3, 0.4) is 0 Å². The van der Waals surface area contributed by atoms with Crippen LogP contribution in [0.15, 0.2) is 24.3 Å². The zero-order valence-electron chi connectivity index (χ0n) is 11.3. The Kier molecular flexibility index (Phi) is 4.12. The SMILES string of the molecule is CC.Cc1cc(C)c2c(C)cccc2c1C. The number of fused-ring (bicyclic) bond motifs is 1. The molecule has 0 aromatic heterocycles. The summed E-state index contributed by atoms with van der Waals surface area (Å²) in [7, 11) is 0. The van der Waals surface area contributed by atoms with E-state index in [0.29, 0.717) is 0 Å². The van der Waals surface area contributed by atoms with E-state index in [4.69, 9.17) is 0 Å². The highest BCUT2D eigenvalue weighted by molar-refractivity contribution is 5.91. The second kappa shape index (κ2) is 5.16. The fourth-order valence-corrected chi connectivity index (χ4v) is 2.22. The van der Waals surface area contributed by atoms with Crippen LogP contribution in [-0.2, 0) is 0 Å². The summed E-state index contributed by atoms with van der Waals surface area (Å²) in [6.45, 7) is 12.8. The number of aryl methyl sites for hydroxylation is 4. The van der Waals surface area contributed by atoms with Gasteiger partial charge in [-0.25, -0.2) is 0 Å². The molecule has 0 N–H and O–H groups in total. The van der Waals surface area contributed by atoms with Crippen LogP contribution in [0.5, 0.6) is 0 Å². The lowest BCUT2D eigenvalue weighted by Gasteiger charge is -2.11. The van der Waals surface area contributed by atoms with Crippen molar-refractivity contribution in [2.75, 3.05) is 0 Å². The van der Waals surface area contributed by atoms with Gasteiger partial charge >= 0.3 is 0 Å². The zero-order chi connectivity index (χ0) is 12.3. The molecule has 0 radical (unpaired) electrons. The second-order valence-corrected chi connectivity index (χ2v) is 4.13. The Morgan fingerprint density at radius 2 is 1.38 bits per heavy atom. The lowest BCUT2D eigenvalue weighted by atomic mass is 9.94. The summed E-state index contributed by atoms with van der Waals surface area (Å²) in [5.74, 6) is 0. The van der Waals surface area contributed by atoms with Crippen molar-refractivity contribution in [1.29, 1.82) is 0 Å². The molecule has 0 saturated carbocycles. The largest absolute Gasteiger partial charge is 0.0683 e. The van der Waals surface area contributed by atoms with E-state index >= 15 is 0 Å². The molecule has 0 aliphatic rings. The maximum absolute atomic E-state index is 2.28. The molecule has 2 rings (SSSR count). The Bertz CT molecular complexity index is 493. The number of benzene rings is 2. The fraction of sp³-hybridized carbons (Fsp3) is 0.375. The molecule has 0 fully saturated rings. The molecule has 0 aliphatic carbocycles. The molecule has 2 aromatic carbocycles. The molecule has 0 saturated heterocycles. The van der Waals surface area contributed by atoms with E-state index in [-0.39, 0.29) is 0 Å². The predicted molar refractivity (Wildman–Crippen MR) is 74.2 cm³/mol. The van der Waals surface area contributed by atoms with E-state index in [1.807, 2.05) is 13.8 Å². The van der Waals surface area contributed by atoms with Crippen LogP contribution in [0, 0.1) is 27.7 Å². The van der Waals surface area contributed by atoms with E-state index in [1.54, 1.807) is 0 Å². The minimum atomic E-state index is 1.38. The summed E-state index contributed by atoms with van der Waals surface area (Å²) < 4.78 is 0. The third kappa shape index (κ3) is 2.11. The van der Waals surface area contributed by atoms with Crippen LogP contribution >= 0.6 is 0 Å². The zero-order valence-corrected chi connectivity index (χ0v) is 11.3. The van der Waals surface area contributed by atoms with Crippen molar-refractivity contribution in [2.45, 2.75) is 41.5 Å². The number of rotatable bonds is 0. The van der Waals surface area contributed by atoms with E-state index in [9.17, 15) is 0 Å². The van der Waals surface area contributed by atoms with Gasteiger partial charge in [-0.3, -0.25) is 0 Å². The molecular weight excluding hydrogens is 192 g/mol. The lowest BCUT2D eigenvalue weighted by Crippen LogP contribution is -1.89. The van der Waals surface area contributed by atoms with Gasteiger partial charge in [-0.15, -0.1) is 0 Å². The molecule has 0 atom stereocenters. The van der Waals surface area contributed by atoms with Crippen LogP contribution in [0.1, 0.15) is 36.1 Å². The smallest absolute Gasteiger partial charge is 0.0123 e. The molecule has 0 nitrogen and oxygen atoms in total. The van der Waals surface area contributed by atoms with Gasteiger partial charge in [-0.05, 0) is 60.7 Å². The molecule has 0 aliphatic heterocycles. The minimum absolute atomic E-state index is 1.38. The molecular formula is C16H22. The summed E-state index contributed by atoms with van der Waals surface area (Å²) in [5, 5.41) is 2.83. The molecule has 0 bridgehead atoms. The number of hydrogen-bond donors (Lipinski definition) is 0. The van der Waals surface area contributed by atoms with Gasteiger partial charge in [0.05, 0.1) is 0 Å². The third-order valence-electron chi connectivity index (χ3n) is 3.10. The Hall–Kier alpha value is -1.30. The summed E-state index contributed by atoms with van der Waals surface area (Å²) in [5.41, 5.74) is 5.57. The quantitative estimate of drug-likeness (QED) is 0.572. The van der Waals surface area contributed by atoms with Crippen molar-refractivity contribution in [1.82, 2.24) is 0 Å². The Labute approximate surface area is 99.3 Å². The molecule has 0 amide bonds. The molecule has 2 aromatic rings. The van der Waals surface area contributed by atoms with Crippen LogP contribution in [0.2, 0.25) is 0 Å². The van der Waals surface area contributed by atoms with Gasteiger partial charge in [0.2, 0.25) is 0 Å². The van der Waals surface area contributed by atoms with E-state index in [0.717, 1.165) is 0 Å². The monoisotopic (exact) mass is 214 g/mol. The Morgan fingerprint density at radius 1 is 0.750 bits per heavy atom. The highest BCUT2D eigenvalue weighted by Gasteiger charge is 2.05. The van der Waals surface area contributed by atoms with Crippen molar-refractivity contribution in [3.05, 3.63) is 46.5 Å². The predicted octanol–water partition coefficient (Wildman–Crippen LogP) is 5.10. The number of hydrogen-bond acceptors (Lipinski definition) is 0. The Balaban J connectivity index is 0.000000606. The van der Waals surface area contributed by atoms with E-state index < -0.39 is 0 Å². The average molecular weight is 214 g/mol. The third-order valence-corrected chi connectivity index (χ3v) is 3.10. The van der Waals surface area contributed by atoms with Crippen molar-refractivity contribution in [3.8, 4) is 0 Å². The van der Waals surface area contributed by atoms with Gasteiger partial charge in [0.15, 0.2) is 0 Å². The van der Waals surface area contributed by atoms with Gasteiger partial charge in [0.25, 0.3) is 0 Å². The van der Waals surface area contributed by atoms with Crippen molar-refractivity contribution in [3.63, 3.8) is 0 Å².